The van der Waals surface area contributed by atoms with Gasteiger partial charge in [-0.1, -0.05) is 22.9 Å². The lowest BCUT2D eigenvalue weighted by atomic mass is 9.95. The van der Waals surface area contributed by atoms with Gasteiger partial charge in [-0.15, -0.1) is 0 Å². The second-order valence-electron chi connectivity index (χ2n) is 6.60. The zero-order valence-electron chi connectivity index (χ0n) is 16.6. The number of ether oxygens (including phenoxy) is 2. The molecule has 1 atom stereocenters. The highest BCUT2D eigenvalue weighted by Crippen LogP contribution is 2.37. The SMILES string of the molecule is COC(=O)C1=C(C)N=c2s/c(=C\c3ccc(Br)o3)c(=O)n2[C@@H]1c1cc(Cl)ccc1OC. The van der Waals surface area contributed by atoms with Gasteiger partial charge < -0.3 is 13.9 Å². The van der Waals surface area contributed by atoms with Gasteiger partial charge in [0.05, 0.1) is 30.0 Å². The van der Waals surface area contributed by atoms with Crippen LogP contribution in [0.25, 0.3) is 6.08 Å². The molecule has 0 saturated carbocycles. The zero-order valence-corrected chi connectivity index (χ0v) is 19.8. The van der Waals surface area contributed by atoms with Crippen LogP contribution in [0.3, 0.4) is 0 Å². The molecule has 0 saturated heterocycles. The van der Waals surface area contributed by atoms with Crippen LogP contribution in [0.5, 0.6) is 5.75 Å². The summed E-state index contributed by atoms with van der Waals surface area (Å²) in [7, 11) is 2.80. The maximum atomic E-state index is 13.4. The van der Waals surface area contributed by atoms with Crippen molar-refractivity contribution in [2.24, 2.45) is 4.99 Å². The third-order valence-electron chi connectivity index (χ3n) is 4.78. The highest BCUT2D eigenvalue weighted by atomic mass is 79.9. The largest absolute Gasteiger partial charge is 0.496 e. The fraction of sp³-hybridized carbons (Fsp3) is 0.190. The molecule has 7 nitrogen and oxygen atoms in total. The van der Waals surface area contributed by atoms with Gasteiger partial charge in [-0.2, -0.15) is 0 Å². The lowest BCUT2D eigenvalue weighted by molar-refractivity contribution is -0.136. The number of fused-ring (bicyclic) bond motifs is 1. The van der Waals surface area contributed by atoms with E-state index >= 15 is 0 Å². The number of rotatable bonds is 4. The van der Waals surface area contributed by atoms with Crippen LogP contribution >= 0.6 is 38.9 Å². The van der Waals surface area contributed by atoms with Gasteiger partial charge in [0.15, 0.2) is 9.47 Å². The molecular weight excluding hydrogens is 508 g/mol. The minimum Gasteiger partial charge on any atom is -0.496 e. The molecule has 1 aliphatic rings. The maximum Gasteiger partial charge on any atom is 0.338 e. The number of esters is 1. The van der Waals surface area contributed by atoms with Crippen LogP contribution in [0.4, 0.5) is 0 Å². The number of nitrogens with zero attached hydrogens (tertiary/aromatic N) is 2. The van der Waals surface area contributed by atoms with E-state index in [1.165, 1.54) is 30.1 Å². The number of aromatic nitrogens is 1. The number of hydrogen-bond donors (Lipinski definition) is 0. The number of halogens is 2. The van der Waals surface area contributed by atoms with Crippen molar-refractivity contribution in [1.82, 2.24) is 4.57 Å². The summed E-state index contributed by atoms with van der Waals surface area (Å²) in [6.07, 6.45) is 1.64. The number of hydrogen-bond acceptors (Lipinski definition) is 7. The minimum absolute atomic E-state index is 0.239. The molecule has 10 heteroatoms. The van der Waals surface area contributed by atoms with Crippen molar-refractivity contribution in [3.8, 4) is 5.75 Å². The molecule has 0 radical (unpaired) electrons. The smallest absolute Gasteiger partial charge is 0.338 e. The van der Waals surface area contributed by atoms with E-state index in [0.717, 1.165) is 0 Å². The van der Waals surface area contributed by atoms with Gasteiger partial charge in [-0.3, -0.25) is 9.36 Å². The molecule has 0 unspecified atom stereocenters. The van der Waals surface area contributed by atoms with E-state index in [4.69, 9.17) is 25.5 Å². The Hall–Kier alpha value is -2.62. The number of thiazole rings is 1. The number of carbonyl (C=O) groups is 1. The molecule has 0 amide bonds. The second kappa shape index (κ2) is 8.49. The highest BCUT2D eigenvalue weighted by molar-refractivity contribution is 9.10. The van der Waals surface area contributed by atoms with Crippen molar-refractivity contribution in [1.29, 1.82) is 0 Å². The van der Waals surface area contributed by atoms with Crippen LogP contribution in [0, 0.1) is 0 Å². The Labute approximate surface area is 194 Å². The Morgan fingerprint density at radius 2 is 2.10 bits per heavy atom. The molecule has 0 aliphatic carbocycles. The van der Waals surface area contributed by atoms with E-state index < -0.39 is 12.0 Å². The topological polar surface area (TPSA) is 83.0 Å². The first kappa shape index (κ1) is 21.6. The molecular formula is C21H16BrClN2O5S. The van der Waals surface area contributed by atoms with Crippen molar-refractivity contribution >= 4 is 50.9 Å². The Morgan fingerprint density at radius 3 is 2.74 bits per heavy atom. The average Bonchev–Trinajstić information content (AvgIpc) is 3.29. The van der Waals surface area contributed by atoms with Crippen LogP contribution in [0.2, 0.25) is 5.02 Å². The monoisotopic (exact) mass is 522 g/mol. The zero-order chi connectivity index (χ0) is 22.3. The Balaban J connectivity index is 2.04. The minimum atomic E-state index is -0.817. The Morgan fingerprint density at radius 1 is 1.32 bits per heavy atom. The number of methoxy groups -OCH3 is 2. The summed E-state index contributed by atoms with van der Waals surface area (Å²) < 4.78 is 18.4. The summed E-state index contributed by atoms with van der Waals surface area (Å²) in [5.41, 5.74) is 0.922. The Bertz CT molecular complexity index is 1400. The fourth-order valence-electron chi connectivity index (χ4n) is 3.44. The lowest BCUT2D eigenvalue weighted by Gasteiger charge is -2.25. The quantitative estimate of drug-likeness (QED) is 0.490. The van der Waals surface area contributed by atoms with Gasteiger partial charge in [-0.05, 0) is 53.2 Å². The summed E-state index contributed by atoms with van der Waals surface area (Å²) >= 11 is 10.7. The molecule has 0 bridgehead atoms. The summed E-state index contributed by atoms with van der Waals surface area (Å²) in [6.45, 7) is 1.71. The van der Waals surface area contributed by atoms with E-state index in [9.17, 15) is 9.59 Å². The molecule has 1 aromatic carbocycles. The van der Waals surface area contributed by atoms with Crippen LogP contribution < -0.4 is 19.6 Å². The second-order valence-corrected chi connectivity index (χ2v) is 8.83. The van der Waals surface area contributed by atoms with E-state index in [1.54, 1.807) is 43.3 Å². The fourth-order valence-corrected chi connectivity index (χ4v) is 4.97. The first-order valence-electron chi connectivity index (χ1n) is 9.03. The molecule has 1 aliphatic heterocycles. The first-order valence-corrected chi connectivity index (χ1v) is 11.0. The van der Waals surface area contributed by atoms with Crippen molar-refractivity contribution in [2.75, 3.05) is 14.2 Å². The van der Waals surface area contributed by atoms with Gasteiger partial charge in [0.2, 0.25) is 0 Å². The first-order chi connectivity index (χ1) is 14.8. The van der Waals surface area contributed by atoms with Crippen LogP contribution in [0.1, 0.15) is 24.3 Å². The van der Waals surface area contributed by atoms with Crippen molar-refractivity contribution < 1.29 is 18.7 Å². The standard InChI is InChI=1S/C21H16BrClN2O5S/c1-10-17(20(27)29-3)18(13-8-11(23)4-6-14(13)28-2)25-19(26)15(31-21(25)24-10)9-12-5-7-16(22)30-12/h4-9,18H,1-3H3/b15-9-/t18-/m1/s1. The molecule has 0 spiro atoms. The third kappa shape index (κ3) is 3.88. The van der Waals surface area contributed by atoms with E-state index in [-0.39, 0.29) is 11.1 Å². The summed E-state index contributed by atoms with van der Waals surface area (Å²) in [4.78, 5) is 31.1. The molecule has 0 N–H and O–H groups in total. The van der Waals surface area contributed by atoms with Gasteiger partial charge in [0, 0.05) is 16.7 Å². The normalized spacial score (nSPS) is 16.2. The highest BCUT2D eigenvalue weighted by Gasteiger charge is 2.35. The van der Waals surface area contributed by atoms with Gasteiger partial charge in [0.1, 0.15) is 17.6 Å². The molecule has 4 rings (SSSR count). The number of allylic oxidation sites excluding steroid dienone is 1. The van der Waals surface area contributed by atoms with Crippen LogP contribution in [0.15, 0.2) is 60.5 Å². The van der Waals surface area contributed by atoms with E-state index in [1.807, 2.05) is 0 Å². The van der Waals surface area contributed by atoms with E-state index in [0.29, 0.717) is 41.8 Å². The predicted octanol–water partition coefficient (Wildman–Crippen LogP) is 3.43. The molecule has 3 aromatic rings. The summed E-state index contributed by atoms with van der Waals surface area (Å²) in [6, 6.07) is 7.71. The number of furan rings is 1. The molecule has 0 fully saturated rings. The Kier molecular flexibility index (Phi) is 5.92. The van der Waals surface area contributed by atoms with Crippen molar-refractivity contribution in [3.05, 3.63) is 82.3 Å². The van der Waals surface area contributed by atoms with Gasteiger partial charge in [0.25, 0.3) is 5.56 Å². The van der Waals surface area contributed by atoms with Gasteiger partial charge in [-0.25, -0.2) is 9.79 Å². The molecule has 2 aromatic heterocycles. The van der Waals surface area contributed by atoms with Crippen LogP contribution in [-0.2, 0) is 9.53 Å². The lowest BCUT2D eigenvalue weighted by Crippen LogP contribution is -2.40. The van der Waals surface area contributed by atoms with Crippen molar-refractivity contribution in [2.45, 2.75) is 13.0 Å². The molecule has 3 heterocycles. The maximum absolute atomic E-state index is 13.4. The summed E-state index contributed by atoms with van der Waals surface area (Å²) in [5.74, 6) is 0.408. The predicted molar refractivity (Wildman–Crippen MR) is 120 cm³/mol. The average molecular weight is 524 g/mol. The summed E-state index contributed by atoms with van der Waals surface area (Å²) in [5, 5.41) is 0.442. The van der Waals surface area contributed by atoms with Gasteiger partial charge >= 0.3 is 5.97 Å². The number of carbonyl (C=O) groups excluding carboxylic acids is 1. The molecule has 160 valence electrons. The van der Waals surface area contributed by atoms with E-state index in [2.05, 4.69) is 20.9 Å². The van der Waals surface area contributed by atoms with Crippen LogP contribution in [-0.4, -0.2) is 24.8 Å². The third-order valence-corrected chi connectivity index (χ3v) is 6.42. The number of benzene rings is 1. The molecule has 31 heavy (non-hydrogen) atoms. The van der Waals surface area contributed by atoms with Crippen molar-refractivity contribution in [3.63, 3.8) is 0 Å².